The molecule has 0 aromatic carbocycles. The molecule has 0 unspecified atom stereocenters. The van der Waals surface area contributed by atoms with Crippen LogP contribution in [0.25, 0.3) is 0 Å². The van der Waals surface area contributed by atoms with Gasteiger partial charge < -0.3 is 20.2 Å². The van der Waals surface area contributed by atoms with Crippen LogP contribution in [0.1, 0.15) is 39.0 Å². The number of amides is 1. The number of nitrogens with one attached hydrogen (secondary N) is 1. The molecule has 0 aliphatic rings. The van der Waals surface area contributed by atoms with E-state index in [4.69, 9.17) is 19.4 Å². The Labute approximate surface area is 171 Å². The molecule has 1 amide bonds. The Bertz CT molecular complexity index is 638. The fraction of sp³-hybridized carbons (Fsp3) is 0.846. The zero-order valence-corrected chi connectivity index (χ0v) is 18.6. The van der Waals surface area contributed by atoms with Crippen molar-refractivity contribution in [2.75, 3.05) is 17.3 Å². The summed E-state index contributed by atoms with van der Waals surface area (Å²) in [5, 5.41) is 11.3. The maximum atomic E-state index is 11.8. The standard InChI is InChI=1S/C13H26NO10PS3/c1-10(24-25(18,19)20)12(13(16)17)14-11(15)6-4-2-3-5-7-26-27-8-9-28(21,22)23/h10,12H,2-9H2,1H3,(H,14,15)(H,16,17)(H2,18,19,20)(H,21,22,23)/t10-,12-/m0/s1. The van der Waals surface area contributed by atoms with Gasteiger partial charge in [-0.3, -0.25) is 13.9 Å². The van der Waals surface area contributed by atoms with Gasteiger partial charge in [0, 0.05) is 17.9 Å². The highest BCUT2D eigenvalue weighted by Crippen LogP contribution is 2.38. The fourth-order valence-corrected chi connectivity index (χ4v) is 5.86. The molecule has 0 saturated carbocycles. The van der Waals surface area contributed by atoms with Crippen LogP contribution >= 0.6 is 29.4 Å². The number of phosphoric ester groups is 1. The highest BCUT2D eigenvalue weighted by molar-refractivity contribution is 8.76. The molecule has 5 N–H and O–H groups in total. The summed E-state index contributed by atoms with van der Waals surface area (Å²) in [6.45, 7) is 1.14. The molecule has 0 saturated heterocycles. The Kier molecular flexibility index (Phi) is 13.6. The van der Waals surface area contributed by atoms with Gasteiger partial charge in [0.2, 0.25) is 5.91 Å². The lowest BCUT2D eigenvalue weighted by Gasteiger charge is -2.21. The Morgan fingerprint density at radius 2 is 1.68 bits per heavy atom. The van der Waals surface area contributed by atoms with Gasteiger partial charge in [-0.15, -0.1) is 0 Å². The van der Waals surface area contributed by atoms with Crippen LogP contribution in [0, 0.1) is 0 Å². The molecule has 0 bridgehead atoms. The van der Waals surface area contributed by atoms with E-state index >= 15 is 0 Å². The van der Waals surface area contributed by atoms with Crippen molar-refractivity contribution in [1.82, 2.24) is 5.32 Å². The van der Waals surface area contributed by atoms with Crippen molar-refractivity contribution < 1.29 is 46.5 Å². The minimum atomic E-state index is -4.87. The summed E-state index contributed by atoms with van der Waals surface area (Å²) in [5.41, 5.74) is 0. The quantitative estimate of drug-likeness (QED) is 0.0917. The zero-order chi connectivity index (χ0) is 21.8. The van der Waals surface area contributed by atoms with E-state index in [0.717, 1.165) is 31.9 Å². The van der Waals surface area contributed by atoms with Crippen molar-refractivity contribution in [3.8, 4) is 0 Å². The molecule has 0 radical (unpaired) electrons. The Balaban J connectivity index is 3.90. The minimum absolute atomic E-state index is 0.0721. The van der Waals surface area contributed by atoms with Crippen LogP contribution in [0.4, 0.5) is 0 Å². The Morgan fingerprint density at radius 3 is 2.21 bits per heavy atom. The highest BCUT2D eigenvalue weighted by atomic mass is 33.1. The topological polar surface area (TPSA) is 188 Å². The molecule has 0 aliphatic heterocycles. The average molecular weight is 484 g/mol. The number of carboxylic acid groups (broad SMARTS) is 1. The summed E-state index contributed by atoms with van der Waals surface area (Å²) in [7, 11) is -5.94. The third kappa shape index (κ3) is 16.6. The van der Waals surface area contributed by atoms with Crippen molar-refractivity contribution in [3.63, 3.8) is 0 Å². The highest BCUT2D eigenvalue weighted by Gasteiger charge is 2.32. The molecule has 0 aromatic heterocycles. The van der Waals surface area contributed by atoms with E-state index in [1.54, 1.807) is 0 Å². The van der Waals surface area contributed by atoms with Crippen molar-refractivity contribution in [2.24, 2.45) is 0 Å². The summed E-state index contributed by atoms with van der Waals surface area (Å²) < 4.78 is 44.7. The van der Waals surface area contributed by atoms with E-state index in [0.29, 0.717) is 12.2 Å². The molecule has 15 heteroatoms. The van der Waals surface area contributed by atoms with E-state index in [-0.39, 0.29) is 12.2 Å². The molecule has 2 atom stereocenters. The largest absolute Gasteiger partial charge is 0.480 e. The molecule has 0 rings (SSSR count). The summed E-state index contributed by atoms with van der Waals surface area (Å²) in [4.78, 5) is 40.4. The Morgan fingerprint density at radius 1 is 1.11 bits per heavy atom. The Hall–Kier alpha value is -0.340. The van der Waals surface area contributed by atoms with Crippen molar-refractivity contribution >= 4 is 51.4 Å². The fourth-order valence-electron chi connectivity index (χ4n) is 1.96. The number of carboxylic acids is 1. The van der Waals surface area contributed by atoms with Gasteiger partial charge in [-0.2, -0.15) is 8.42 Å². The first-order chi connectivity index (χ1) is 12.8. The van der Waals surface area contributed by atoms with Crippen LogP contribution in [0.5, 0.6) is 0 Å². The smallest absolute Gasteiger partial charge is 0.469 e. The van der Waals surface area contributed by atoms with Gasteiger partial charge in [-0.25, -0.2) is 9.36 Å². The number of rotatable bonds is 16. The van der Waals surface area contributed by atoms with Crippen LogP contribution in [0.3, 0.4) is 0 Å². The van der Waals surface area contributed by atoms with Crippen molar-refractivity contribution in [1.29, 1.82) is 0 Å². The summed E-state index contributed by atoms with van der Waals surface area (Å²) in [6, 6.07) is -1.57. The van der Waals surface area contributed by atoms with Crippen LogP contribution in [0.15, 0.2) is 0 Å². The maximum absolute atomic E-state index is 11.8. The van der Waals surface area contributed by atoms with Gasteiger partial charge in [-0.05, 0) is 19.8 Å². The van der Waals surface area contributed by atoms with E-state index in [1.165, 1.54) is 21.6 Å². The number of unbranched alkanes of at least 4 members (excludes halogenated alkanes) is 3. The second-order valence-electron chi connectivity index (χ2n) is 5.78. The van der Waals surface area contributed by atoms with E-state index in [2.05, 4.69) is 9.84 Å². The number of carbonyl (C=O) groups is 2. The number of phosphoric acid groups is 1. The van der Waals surface area contributed by atoms with Gasteiger partial charge in [0.1, 0.15) is 0 Å². The number of hydrogen-bond acceptors (Lipinski definition) is 8. The number of aliphatic carboxylic acids is 1. The lowest BCUT2D eigenvalue weighted by atomic mass is 10.1. The van der Waals surface area contributed by atoms with Crippen LogP contribution in [0.2, 0.25) is 0 Å². The maximum Gasteiger partial charge on any atom is 0.469 e. The summed E-state index contributed by atoms with van der Waals surface area (Å²) in [6.07, 6.45) is 1.61. The average Bonchev–Trinajstić information content (AvgIpc) is 2.51. The third-order valence-electron chi connectivity index (χ3n) is 3.25. The zero-order valence-electron chi connectivity index (χ0n) is 15.2. The van der Waals surface area contributed by atoms with Crippen LogP contribution in [-0.2, 0) is 28.8 Å². The summed E-state index contributed by atoms with van der Waals surface area (Å²) >= 11 is 0. The molecular formula is C13H26NO10PS3. The molecule has 0 fully saturated rings. The molecule has 11 nitrogen and oxygen atoms in total. The van der Waals surface area contributed by atoms with Gasteiger partial charge in [0.05, 0.1) is 11.9 Å². The van der Waals surface area contributed by atoms with Crippen LogP contribution in [-0.4, -0.2) is 69.1 Å². The second-order valence-corrected chi connectivity index (χ2v) is 11.2. The predicted molar refractivity (Wildman–Crippen MR) is 107 cm³/mol. The van der Waals surface area contributed by atoms with E-state index in [9.17, 15) is 22.6 Å². The third-order valence-corrected chi connectivity index (χ3v) is 7.32. The molecule has 28 heavy (non-hydrogen) atoms. The number of carbonyl (C=O) groups excluding carboxylic acids is 1. The lowest BCUT2D eigenvalue weighted by Crippen LogP contribution is -2.48. The minimum Gasteiger partial charge on any atom is -0.480 e. The van der Waals surface area contributed by atoms with Gasteiger partial charge in [-0.1, -0.05) is 34.4 Å². The normalized spacial score (nSPS) is 14.4. The molecule has 0 aliphatic carbocycles. The van der Waals surface area contributed by atoms with Crippen LogP contribution < -0.4 is 5.32 Å². The monoisotopic (exact) mass is 483 g/mol. The lowest BCUT2D eigenvalue weighted by molar-refractivity contribution is -0.144. The first-order valence-electron chi connectivity index (χ1n) is 8.27. The predicted octanol–water partition coefficient (Wildman–Crippen LogP) is 1.27. The van der Waals surface area contributed by atoms with Gasteiger partial charge in [0.15, 0.2) is 6.04 Å². The van der Waals surface area contributed by atoms with Gasteiger partial charge >= 0.3 is 13.8 Å². The first-order valence-corrected chi connectivity index (χ1v) is 13.9. The second kappa shape index (κ2) is 13.8. The van der Waals surface area contributed by atoms with Crippen molar-refractivity contribution in [3.05, 3.63) is 0 Å². The van der Waals surface area contributed by atoms with E-state index in [1.807, 2.05) is 0 Å². The van der Waals surface area contributed by atoms with Gasteiger partial charge in [0.25, 0.3) is 10.1 Å². The van der Waals surface area contributed by atoms with E-state index < -0.39 is 42.0 Å². The molecule has 166 valence electrons. The first kappa shape index (κ1) is 27.7. The molecule has 0 spiro atoms. The van der Waals surface area contributed by atoms with Crippen molar-refractivity contribution in [2.45, 2.75) is 51.2 Å². The summed E-state index contributed by atoms with van der Waals surface area (Å²) in [5.74, 6) is -1.20. The SMILES string of the molecule is C[C@H](OP(=O)(O)O)[C@H](NC(=O)CCCCCCSSCCS(=O)(=O)O)C(=O)O. The molecular weight excluding hydrogens is 457 g/mol. The molecule has 0 aromatic rings. The number of hydrogen-bond donors (Lipinski definition) is 5. The molecule has 0 heterocycles.